The molecule has 130 valence electrons. The number of amides is 1. The van der Waals surface area contributed by atoms with Gasteiger partial charge in [0.05, 0.1) is 12.6 Å². The minimum absolute atomic E-state index is 0.0728. The van der Waals surface area contributed by atoms with Crippen LogP contribution >= 0.6 is 11.3 Å². The highest BCUT2D eigenvalue weighted by Gasteiger charge is 2.32. The Morgan fingerprint density at radius 1 is 1.33 bits per heavy atom. The van der Waals surface area contributed by atoms with Crippen molar-refractivity contribution in [2.24, 2.45) is 0 Å². The molecule has 0 saturated carbocycles. The Morgan fingerprint density at radius 3 is 2.96 bits per heavy atom. The molecule has 1 amide bonds. The largest absolute Gasteiger partial charge is 0.378 e. The van der Waals surface area contributed by atoms with Crippen molar-refractivity contribution >= 4 is 17.2 Å². The van der Waals surface area contributed by atoms with Crippen LogP contribution in [0.4, 0.5) is 0 Å². The molecule has 0 bridgehead atoms. The van der Waals surface area contributed by atoms with Crippen molar-refractivity contribution in [3.8, 4) is 0 Å². The first-order valence-electron chi connectivity index (χ1n) is 7.87. The lowest BCUT2D eigenvalue weighted by molar-refractivity contribution is 0.0594. The van der Waals surface area contributed by atoms with E-state index in [0.717, 1.165) is 24.3 Å². The van der Waals surface area contributed by atoms with Gasteiger partial charge in [-0.05, 0) is 19.3 Å². The molecule has 2 aromatic rings. The van der Waals surface area contributed by atoms with Crippen LogP contribution in [0.1, 0.15) is 52.4 Å². The molecule has 1 atom stereocenters. The van der Waals surface area contributed by atoms with E-state index in [1.807, 2.05) is 4.90 Å². The predicted octanol–water partition coefficient (Wildman–Crippen LogP) is 1.92. The number of H-pyrrole nitrogens is 1. The van der Waals surface area contributed by atoms with Crippen molar-refractivity contribution in [1.29, 1.82) is 0 Å². The van der Waals surface area contributed by atoms with Gasteiger partial charge in [-0.3, -0.25) is 9.89 Å². The summed E-state index contributed by atoms with van der Waals surface area (Å²) < 4.78 is 10.1. The number of hydrogen-bond donors (Lipinski definition) is 1. The molecule has 2 aromatic heterocycles. The minimum atomic E-state index is -0.124. The second kappa shape index (κ2) is 7.82. The van der Waals surface area contributed by atoms with Crippen molar-refractivity contribution < 1.29 is 14.3 Å². The zero-order chi connectivity index (χ0) is 16.9. The molecule has 3 heterocycles. The van der Waals surface area contributed by atoms with Crippen molar-refractivity contribution in [3.05, 3.63) is 27.7 Å². The first-order chi connectivity index (χ1) is 11.7. The highest BCUT2D eigenvalue weighted by molar-refractivity contribution is 7.09. The third-order valence-corrected chi connectivity index (χ3v) is 4.75. The highest BCUT2D eigenvalue weighted by Crippen LogP contribution is 2.30. The molecule has 1 saturated heterocycles. The van der Waals surface area contributed by atoms with Gasteiger partial charge in [0, 0.05) is 26.1 Å². The van der Waals surface area contributed by atoms with Crippen LogP contribution in [-0.2, 0) is 22.7 Å². The summed E-state index contributed by atoms with van der Waals surface area (Å²) in [5, 5.41) is 9.73. The maximum absolute atomic E-state index is 12.9. The molecule has 0 aromatic carbocycles. The van der Waals surface area contributed by atoms with E-state index in [0.29, 0.717) is 37.1 Å². The highest BCUT2D eigenvalue weighted by atomic mass is 32.1. The Labute approximate surface area is 144 Å². The minimum Gasteiger partial charge on any atom is -0.378 e. The van der Waals surface area contributed by atoms with E-state index < -0.39 is 0 Å². The van der Waals surface area contributed by atoms with E-state index >= 15 is 0 Å². The maximum atomic E-state index is 12.9. The van der Waals surface area contributed by atoms with Gasteiger partial charge >= 0.3 is 0 Å². The Balaban J connectivity index is 1.78. The van der Waals surface area contributed by atoms with E-state index in [2.05, 4.69) is 20.2 Å². The van der Waals surface area contributed by atoms with Gasteiger partial charge in [0.25, 0.3) is 5.91 Å². The van der Waals surface area contributed by atoms with Gasteiger partial charge in [-0.1, -0.05) is 0 Å². The molecule has 1 N–H and O–H groups in total. The van der Waals surface area contributed by atoms with E-state index in [1.165, 1.54) is 11.3 Å². The van der Waals surface area contributed by atoms with Gasteiger partial charge in [-0.2, -0.15) is 5.10 Å². The van der Waals surface area contributed by atoms with Crippen LogP contribution < -0.4 is 0 Å². The van der Waals surface area contributed by atoms with E-state index in [1.54, 1.807) is 19.6 Å². The van der Waals surface area contributed by atoms with Crippen molar-refractivity contribution in [2.45, 2.75) is 38.5 Å². The van der Waals surface area contributed by atoms with Gasteiger partial charge in [0.1, 0.15) is 17.3 Å². The summed E-state index contributed by atoms with van der Waals surface area (Å²) in [5.74, 6) is 1.24. The molecule has 0 radical (unpaired) electrons. The number of nitrogens with zero attached hydrogens (tertiary/aromatic N) is 4. The smallest absolute Gasteiger partial charge is 0.273 e. The number of ether oxygens (including phenoxy) is 2. The Hall–Kier alpha value is -1.84. The summed E-state index contributed by atoms with van der Waals surface area (Å²) in [7, 11) is 3.23. The summed E-state index contributed by atoms with van der Waals surface area (Å²) in [6.45, 7) is 1.48. The summed E-state index contributed by atoms with van der Waals surface area (Å²) in [6.07, 6.45) is 2.88. The Kier molecular flexibility index (Phi) is 5.54. The van der Waals surface area contributed by atoms with Crippen LogP contribution in [0.2, 0.25) is 0 Å². The quantitative estimate of drug-likeness (QED) is 0.855. The van der Waals surface area contributed by atoms with Crippen LogP contribution in [0.15, 0.2) is 5.38 Å². The summed E-state index contributed by atoms with van der Waals surface area (Å²) >= 11 is 1.44. The van der Waals surface area contributed by atoms with Gasteiger partial charge in [-0.25, -0.2) is 9.97 Å². The average molecular weight is 351 g/mol. The number of carbonyl (C=O) groups is 1. The molecular weight excluding hydrogens is 330 g/mol. The molecule has 24 heavy (non-hydrogen) atoms. The lowest BCUT2D eigenvalue weighted by Gasteiger charge is -2.33. The fourth-order valence-electron chi connectivity index (χ4n) is 2.85. The number of hydrogen-bond acceptors (Lipinski definition) is 7. The lowest BCUT2D eigenvalue weighted by Crippen LogP contribution is -2.39. The molecule has 9 heteroatoms. The molecule has 8 nitrogen and oxygen atoms in total. The zero-order valence-electron chi connectivity index (χ0n) is 13.8. The number of aromatic amines is 1. The number of aromatic nitrogens is 4. The number of likely N-dealkylation sites (tertiary alicyclic amines) is 1. The summed E-state index contributed by atoms with van der Waals surface area (Å²) in [5.41, 5.74) is 0.464. The number of nitrogens with one attached hydrogen (secondary N) is 1. The van der Waals surface area contributed by atoms with Crippen LogP contribution in [0.3, 0.4) is 0 Å². The van der Waals surface area contributed by atoms with Gasteiger partial charge in [0.2, 0.25) is 0 Å². The van der Waals surface area contributed by atoms with Gasteiger partial charge in [0.15, 0.2) is 11.6 Å². The fourth-order valence-corrected chi connectivity index (χ4v) is 3.59. The fraction of sp³-hybridized carbons (Fsp3) is 0.600. The van der Waals surface area contributed by atoms with Crippen LogP contribution in [0.25, 0.3) is 0 Å². The van der Waals surface area contributed by atoms with Crippen molar-refractivity contribution in [1.82, 2.24) is 25.1 Å². The summed E-state index contributed by atoms with van der Waals surface area (Å²) in [6, 6.07) is -0.124. The number of carbonyl (C=O) groups excluding carboxylic acids is 1. The number of piperidine rings is 1. The van der Waals surface area contributed by atoms with Crippen molar-refractivity contribution in [2.75, 3.05) is 20.8 Å². The Bertz CT molecular complexity index is 686. The monoisotopic (exact) mass is 351 g/mol. The molecule has 1 aliphatic rings. The second-order valence-electron chi connectivity index (χ2n) is 5.64. The normalized spacial score (nSPS) is 18.1. The predicted molar refractivity (Wildman–Crippen MR) is 87.6 cm³/mol. The third kappa shape index (κ3) is 3.63. The summed E-state index contributed by atoms with van der Waals surface area (Å²) in [4.78, 5) is 23.5. The van der Waals surface area contributed by atoms with Crippen molar-refractivity contribution in [3.63, 3.8) is 0 Å². The topological polar surface area (TPSA) is 93.2 Å². The van der Waals surface area contributed by atoms with Crippen LogP contribution in [0, 0.1) is 0 Å². The number of thiazole rings is 1. The SMILES string of the molecule is COCc1nc(C2CCCCN2C(=O)c2csc(COC)n2)n[nH]1. The van der Waals surface area contributed by atoms with E-state index in [4.69, 9.17) is 9.47 Å². The van der Waals surface area contributed by atoms with Gasteiger partial charge < -0.3 is 14.4 Å². The maximum Gasteiger partial charge on any atom is 0.273 e. The number of methoxy groups -OCH3 is 2. The molecular formula is C15H21N5O3S. The number of rotatable bonds is 6. The molecule has 0 aliphatic carbocycles. The van der Waals surface area contributed by atoms with Crippen LogP contribution in [-0.4, -0.2) is 51.7 Å². The second-order valence-corrected chi connectivity index (χ2v) is 6.59. The van der Waals surface area contributed by atoms with E-state index in [9.17, 15) is 4.79 Å². The Morgan fingerprint density at radius 2 is 2.17 bits per heavy atom. The van der Waals surface area contributed by atoms with Crippen LogP contribution in [0.5, 0.6) is 0 Å². The first kappa shape index (κ1) is 17.0. The molecule has 1 aliphatic heterocycles. The standard InChI is InChI=1S/C15H21N5O3S/c1-22-7-12-17-14(19-18-12)11-5-3-4-6-20(11)15(21)10-9-24-13(16-10)8-23-2/h9,11H,3-8H2,1-2H3,(H,17,18,19). The van der Waals surface area contributed by atoms with Gasteiger partial charge in [-0.15, -0.1) is 11.3 Å². The molecule has 0 spiro atoms. The molecule has 1 unspecified atom stereocenters. The zero-order valence-corrected chi connectivity index (χ0v) is 14.6. The molecule has 3 rings (SSSR count). The lowest BCUT2D eigenvalue weighted by atomic mass is 10.0. The average Bonchev–Trinajstić information content (AvgIpc) is 3.25. The third-order valence-electron chi connectivity index (χ3n) is 3.93. The molecule has 1 fully saturated rings. The van der Waals surface area contributed by atoms with E-state index in [-0.39, 0.29) is 11.9 Å². The first-order valence-corrected chi connectivity index (χ1v) is 8.75.